The number of ether oxygens (including phenoxy) is 1. The van der Waals surface area contributed by atoms with Crippen LogP contribution >= 0.6 is 27.5 Å². The highest BCUT2D eigenvalue weighted by Gasteiger charge is 2.07. The predicted molar refractivity (Wildman–Crippen MR) is 72.7 cm³/mol. The zero-order chi connectivity index (χ0) is 13.1. The molecule has 5 heteroatoms. The van der Waals surface area contributed by atoms with Crippen molar-refractivity contribution in [2.45, 2.75) is 12.8 Å². The summed E-state index contributed by atoms with van der Waals surface area (Å²) in [5.74, 6) is 0.447. The quantitative estimate of drug-likeness (QED) is 0.753. The van der Waals surface area contributed by atoms with Gasteiger partial charge in [0.15, 0.2) is 11.6 Å². The minimum absolute atomic E-state index is 0.142. The normalized spacial score (nSPS) is 10.4. The Bertz CT molecular complexity index is 577. The Hall–Kier alpha value is -1.13. The van der Waals surface area contributed by atoms with E-state index in [1.807, 2.05) is 13.0 Å². The van der Waals surface area contributed by atoms with Gasteiger partial charge in [-0.25, -0.2) is 9.37 Å². The van der Waals surface area contributed by atoms with Crippen LogP contribution in [0.15, 0.2) is 34.8 Å². The van der Waals surface area contributed by atoms with E-state index >= 15 is 0 Å². The number of hydrogen-bond donors (Lipinski definition) is 0. The first-order valence-electron chi connectivity index (χ1n) is 5.25. The minimum atomic E-state index is -0.440. The van der Waals surface area contributed by atoms with Crippen molar-refractivity contribution in [3.05, 3.63) is 51.9 Å². The SMILES string of the molecule is Cc1nc(Oc2ccc(Br)cc2F)ccc1CCl. The molecule has 0 saturated carbocycles. The molecule has 1 heterocycles. The van der Waals surface area contributed by atoms with Gasteiger partial charge in [-0.3, -0.25) is 0 Å². The van der Waals surface area contributed by atoms with Crippen LogP contribution in [0, 0.1) is 12.7 Å². The number of aromatic nitrogens is 1. The van der Waals surface area contributed by atoms with Crippen molar-refractivity contribution in [2.75, 3.05) is 0 Å². The van der Waals surface area contributed by atoms with Crippen LogP contribution in [0.1, 0.15) is 11.3 Å². The Labute approximate surface area is 118 Å². The zero-order valence-corrected chi connectivity index (χ0v) is 11.9. The fourth-order valence-electron chi connectivity index (χ4n) is 1.44. The third-order valence-corrected chi connectivity index (χ3v) is 3.20. The maximum atomic E-state index is 13.6. The van der Waals surface area contributed by atoms with Gasteiger partial charge >= 0.3 is 0 Å². The molecule has 0 aliphatic heterocycles. The second-order valence-corrected chi connectivity index (χ2v) is 4.89. The molecule has 2 nitrogen and oxygen atoms in total. The van der Waals surface area contributed by atoms with Crippen molar-refractivity contribution in [2.24, 2.45) is 0 Å². The summed E-state index contributed by atoms with van der Waals surface area (Å²) in [5.41, 5.74) is 1.71. The smallest absolute Gasteiger partial charge is 0.219 e. The van der Waals surface area contributed by atoms with Crippen LogP contribution in [0.3, 0.4) is 0 Å². The number of halogens is 3. The summed E-state index contributed by atoms with van der Waals surface area (Å²) in [5, 5.41) is 0. The number of rotatable bonds is 3. The van der Waals surface area contributed by atoms with Gasteiger partial charge in [0.1, 0.15) is 0 Å². The number of alkyl halides is 1. The van der Waals surface area contributed by atoms with E-state index in [0.29, 0.717) is 16.2 Å². The summed E-state index contributed by atoms with van der Waals surface area (Å²) in [6.07, 6.45) is 0. The minimum Gasteiger partial charge on any atom is -0.436 e. The van der Waals surface area contributed by atoms with Crippen molar-refractivity contribution in [1.82, 2.24) is 4.98 Å². The van der Waals surface area contributed by atoms with Crippen LogP contribution in [-0.2, 0) is 5.88 Å². The highest BCUT2D eigenvalue weighted by molar-refractivity contribution is 9.10. The molecule has 0 N–H and O–H groups in total. The maximum Gasteiger partial charge on any atom is 0.219 e. The predicted octanol–water partition coefficient (Wildman–Crippen LogP) is 4.82. The van der Waals surface area contributed by atoms with Gasteiger partial charge in [-0.15, -0.1) is 11.6 Å². The number of hydrogen-bond acceptors (Lipinski definition) is 2. The zero-order valence-electron chi connectivity index (χ0n) is 9.58. The topological polar surface area (TPSA) is 22.1 Å². The molecular formula is C13H10BrClFNO. The molecule has 0 spiro atoms. The van der Waals surface area contributed by atoms with Gasteiger partial charge in [0.05, 0.1) is 0 Å². The lowest BCUT2D eigenvalue weighted by Gasteiger charge is -2.08. The highest BCUT2D eigenvalue weighted by Crippen LogP contribution is 2.26. The lowest BCUT2D eigenvalue weighted by Crippen LogP contribution is -1.95. The van der Waals surface area contributed by atoms with E-state index in [4.69, 9.17) is 16.3 Å². The Morgan fingerprint density at radius 1 is 1.33 bits per heavy atom. The van der Waals surface area contributed by atoms with Crippen molar-refractivity contribution >= 4 is 27.5 Å². The summed E-state index contributed by atoms with van der Waals surface area (Å²) in [6, 6.07) is 8.09. The van der Waals surface area contributed by atoms with Crippen LogP contribution in [0.4, 0.5) is 4.39 Å². The van der Waals surface area contributed by atoms with E-state index < -0.39 is 5.82 Å². The van der Waals surface area contributed by atoms with E-state index in [1.54, 1.807) is 18.2 Å². The van der Waals surface area contributed by atoms with Crippen molar-refractivity contribution in [3.63, 3.8) is 0 Å². The standard InChI is InChI=1S/C13H10BrClFNO/c1-8-9(7-15)2-5-13(17-8)18-12-4-3-10(14)6-11(12)16/h2-6H,7H2,1H3. The first kappa shape index (κ1) is 13.3. The lowest BCUT2D eigenvalue weighted by atomic mass is 10.2. The van der Waals surface area contributed by atoms with Crippen molar-refractivity contribution in [1.29, 1.82) is 0 Å². The molecule has 0 aliphatic carbocycles. The number of pyridine rings is 1. The molecule has 0 saturated heterocycles. The molecule has 94 valence electrons. The second-order valence-electron chi connectivity index (χ2n) is 3.70. The molecule has 2 rings (SSSR count). The van der Waals surface area contributed by atoms with Crippen LogP contribution in [0.25, 0.3) is 0 Å². The van der Waals surface area contributed by atoms with Gasteiger partial charge in [-0.05, 0) is 30.7 Å². The summed E-state index contributed by atoms with van der Waals surface area (Å²) in [4.78, 5) is 4.22. The summed E-state index contributed by atoms with van der Waals surface area (Å²) >= 11 is 8.93. The van der Waals surface area contributed by atoms with Crippen molar-refractivity contribution in [3.8, 4) is 11.6 Å². The van der Waals surface area contributed by atoms with Gasteiger partial charge in [0.2, 0.25) is 5.88 Å². The van der Waals surface area contributed by atoms with Gasteiger partial charge in [-0.2, -0.15) is 0 Å². The van der Waals surface area contributed by atoms with Crippen LogP contribution in [-0.4, -0.2) is 4.98 Å². The highest BCUT2D eigenvalue weighted by atomic mass is 79.9. The van der Waals surface area contributed by atoms with Crippen LogP contribution in [0.5, 0.6) is 11.6 Å². The molecule has 0 fully saturated rings. The van der Waals surface area contributed by atoms with Crippen LogP contribution in [0.2, 0.25) is 0 Å². The molecule has 0 unspecified atom stereocenters. The molecule has 18 heavy (non-hydrogen) atoms. The number of aryl methyl sites for hydroxylation is 1. The Morgan fingerprint density at radius 2 is 2.11 bits per heavy atom. The van der Waals surface area contributed by atoms with Crippen LogP contribution < -0.4 is 4.74 Å². The summed E-state index contributed by atoms with van der Waals surface area (Å²) in [7, 11) is 0. The molecule has 0 bridgehead atoms. The average molecular weight is 331 g/mol. The van der Waals surface area contributed by atoms with E-state index in [1.165, 1.54) is 6.07 Å². The lowest BCUT2D eigenvalue weighted by molar-refractivity contribution is 0.426. The third kappa shape index (κ3) is 3.00. The molecule has 0 radical (unpaired) electrons. The summed E-state index contributed by atoms with van der Waals surface area (Å²) < 4.78 is 19.6. The van der Waals surface area contributed by atoms with E-state index in [2.05, 4.69) is 20.9 Å². The molecule has 1 aromatic carbocycles. The largest absolute Gasteiger partial charge is 0.436 e. The summed E-state index contributed by atoms with van der Waals surface area (Å²) in [6.45, 7) is 1.84. The second kappa shape index (κ2) is 5.67. The molecule has 0 atom stereocenters. The first-order chi connectivity index (χ1) is 8.60. The fourth-order valence-corrected chi connectivity index (χ4v) is 2.05. The molecule has 0 amide bonds. The van der Waals surface area contributed by atoms with Gasteiger partial charge < -0.3 is 4.74 Å². The van der Waals surface area contributed by atoms with Gasteiger partial charge in [-0.1, -0.05) is 22.0 Å². The molecule has 2 aromatic rings. The first-order valence-corrected chi connectivity index (χ1v) is 6.58. The van der Waals surface area contributed by atoms with Crippen molar-refractivity contribution < 1.29 is 9.13 Å². The maximum absolute atomic E-state index is 13.6. The monoisotopic (exact) mass is 329 g/mol. The molecule has 0 aliphatic rings. The van der Waals surface area contributed by atoms with Gasteiger partial charge in [0.25, 0.3) is 0 Å². The third-order valence-electron chi connectivity index (χ3n) is 2.42. The average Bonchev–Trinajstić information content (AvgIpc) is 2.33. The number of benzene rings is 1. The number of nitrogens with zero attached hydrogens (tertiary/aromatic N) is 1. The molecule has 1 aromatic heterocycles. The van der Waals surface area contributed by atoms with E-state index in [-0.39, 0.29) is 5.75 Å². The Morgan fingerprint density at radius 3 is 2.72 bits per heavy atom. The van der Waals surface area contributed by atoms with E-state index in [0.717, 1.165) is 11.3 Å². The molecular weight excluding hydrogens is 321 g/mol. The van der Waals surface area contributed by atoms with E-state index in [9.17, 15) is 4.39 Å². The Kier molecular flexibility index (Phi) is 4.19. The van der Waals surface area contributed by atoms with Gasteiger partial charge in [0, 0.05) is 22.1 Å². The fraction of sp³-hybridized carbons (Fsp3) is 0.154. The Balaban J connectivity index is 2.26.